The van der Waals surface area contributed by atoms with Crippen LogP contribution in [-0.2, 0) is 4.79 Å². The van der Waals surface area contributed by atoms with Gasteiger partial charge in [0.05, 0.1) is 13.1 Å². The Kier molecular flexibility index (Phi) is 7.57. The van der Waals surface area contributed by atoms with Crippen LogP contribution >= 0.6 is 11.8 Å². The highest BCUT2D eigenvalue weighted by Crippen LogP contribution is 2.11. The first-order chi connectivity index (χ1) is 7.35. The molecule has 0 bridgehead atoms. The maximum absolute atomic E-state index is 11.7. The fraction of sp³-hybridized carbons (Fsp3) is 0.889. The third-order valence-corrected chi connectivity index (χ3v) is 2.73. The molecule has 0 radical (unpaired) electrons. The van der Waals surface area contributed by atoms with Gasteiger partial charge in [-0.1, -0.05) is 6.92 Å². The summed E-state index contributed by atoms with van der Waals surface area (Å²) in [4.78, 5) is 11.2. The highest BCUT2D eigenvalue weighted by atomic mass is 32.2. The van der Waals surface area contributed by atoms with E-state index in [2.05, 4.69) is 5.32 Å². The predicted octanol–water partition coefficient (Wildman–Crippen LogP) is 1.40. The van der Waals surface area contributed by atoms with Crippen molar-refractivity contribution in [1.82, 2.24) is 10.6 Å². The summed E-state index contributed by atoms with van der Waals surface area (Å²) < 4.78 is 35.2. The van der Waals surface area contributed by atoms with Gasteiger partial charge in [0.25, 0.3) is 0 Å². The molecular weight excluding hydrogens is 241 g/mol. The van der Waals surface area contributed by atoms with Crippen molar-refractivity contribution < 1.29 is 18.0 Å². The number of alkyl halides is 3. The summed E-state index contributed by atoms with van der Waals surface area (Å²) in [6.07, 6.45) is -4.27. The number of nitrogens with one attached hydrogen (secondary N) is 2. The SMILES string of the molecule is CCSCC(C)NC(=O)CNCC(F)(F)F. The van der Waals surface area contributed by atoms with E-state index >= 15 is 0 Å². The standard InChI is InChI=1S/C9H17F3N2OS/c1-3-16-5-7(2)14-8(15)4-13-6-9(10,11)12/h7,13H,3-6H2,1-2H3,(H,14,15). The lowest BCUT2D eigenvalue weighted by Gasteiger charge is -2.13. The summed E-state index contributed by atoms with van der Waals surface area (Å²) in [5, 5.41) is 4.65. The van der Waals surface area contributed by atoms with Crippen LogP contribution in [0.25, 0.3) is 0 Å². The number of hydrogen-bond donors (Lipinski definition) is 2. The molecule has 1 unspecified atom stereocenters. The molecule has 1 amide bonds. The number of hydrogen-bond acceptors (Lipinski definition) is 3. The zero-order chi connectivity index (χ0) is 12.6. The number of thioether (sulfide) groups is 1. The Hall–Kier alpha value is -0.430. The zero-order valence-corrected chi connectivity index (χ0v) is 10.2. The third kappa shape index (κ3) is 10.1. The molecule has 0 rings (SSSR count). The van der Waals surface area contributed by atoms with Crippen molar-refractivity contribution in [1.29, 1.82) is 0 Å². The van der Waals surface area contributed by atoms with Gasteiger partial charge in [-0.3, -0.25) is 4.79 Å². The Balaban J connectivity index is 3.58. The van der Waals surface area contributed by atoms with E-state index < -0.39 is 18.6 Å². The Bertz CT molecular complexity index is 211. The lowest BCUT2D eigenvalue weighted by molar-refractivity contribution is -0.128. The van der Waals surface area contributed by atoms with E-state index in [1.54, 1.807) is 11.8 Å². The molecule has 96 valence electrons. The molecule has 3 nitrogen and oxygen atoms in total. The van der Waals surface area contributed by atoms with Crippen molar-refractivity contribution in [2.75, 3.05) is 24.6 Å². The first-order valence-electron chi connectivity index (χ1n) is 4.99. The van der Waals surface area contributed by atoms with E-state index in [9.17, 15) is 18.0 Å². The first-order valence-corrected chi connectivity index (χ1v) is 6.15. The molecular formula is C9H17F3N2OS. The van der Waals surface area contributed by atoms with E-state index in [-0.39, 0.29) is 12.6 Å². The van der Waals surface area contributed by atoms with Crippen LogP contribution < -0.4 is 10.6 Å². The van der Waals surface area contributed by atoms with Gasteiger partial charge in [-0.25, -0.2) is 0 Å². The van der Waals surface area contributed by atoms with E-state index in [0.29, 0.717) is 0 Å². The van der Waals surface area contributed by atoms with Crippen LogP contribution in [0.5, 0.6) is 0 Å². The Labute approximate surface area is 97.5 Å². The minimum absolute atomic E-state index is 0.0230. The van der Waals surface area contributed by atoms with E-state index in [4.69, 9.17) is 0 Å². The second-order valence-electron chi connectivity index (χ2n) is 3.35. The lowest BCUT2D eigenvalue weighted by Crippen LogP contribution is -2.42. The summed E-state index contributed by atoms with van der Waals surface area (Å²) in [6, 6.07) is -0.0230. The van der Waals surface area contributed by atoms with Crippen LogP contribution in [0.2, 0.25) is 0 Å². The normalized spacial score (nSPS) is 13.6. The molecule has 0 spiro atoms. The largest absolute Gasteiger partial charge is 0.401 e. The van der Waals surface area contributed by atoms with Gasteiger partial charge in [-0.05, 0) is 12.7 Å². The molecule has 7 heteroatoms. The first kappa shape index (κ1) is 15.6. The smallest absolute Gasteiger partial charge is 0.352 e. The summed E-state index contributed by atoms with van der Waals surface area (Å²) in [5.41, 5.74) is 0. The molecule has 0 aromatic carbocycles. The molecule has 0 fully saturated rings. The van der Waals surface area contributed by atoms with E-state index in [1.165, 1.54) is 0 Å². The summed E-state index contributed by atoms with van der Waals surface area (Å²) in [5.74, 6) is 1.31. The second kappa shape index (κ2) is 7.78. The van der Waals surface area contributed by atoms with Crippen LogP contribution in [0, 0.1) is 0 Å². The molecule has 0 aliphatic carbocycles. The predicted molar refractivity (Wildman–Crippen MR) is 59.5 cm³/mol. The Morgan fingerprint density at radius 2 is 2.06 bits per heavy atom. The molecule has 0 saturated carbocycles. The van der Waals surface area contributed by atoms with Gasteiger partial charge in [-0.2, -0.15) is 24.9 Å². The fourth-order valence-corrected chi connectivity index (χ4v) is 1.65. The van der Waals surface area contributed by atoms with Gasteiger partial charge >= 0.3 is 6.18 Å². The summed E-state index contributed by atoms with van der Waals surface area (Å²) >= 11 is 1.67. The highest BCUT2D eigenvalue weighted by molar-refractivity contribution is 7.99. The Morgan fingerprint density at radius 3 is 2.56 bits per heavy atom. The lowest BCUT2D eigenvalue weighted by atomic mass is 10.4. The quantitative estimate of drug-likeness (QED) is 0.725. The molecule has 0 heterocycles. The van der Waals surface area contributed by atoms with Crippen LogP contribution in [-0.4, -0.2) is 42.7 Å². The average molecular weight is 258 g/mol. The summed E-state index contributed by atoms with van der Waals surface area (Å²) in [6.45, 7) is 2.38. The van der Waals surface area contributed by atoms with Crippen LogP contribution in [0.1, 0.15) is 13.8 Å². The van der Waals surface area contributed by atoms with Crippen molar-refractivity contribution in [2.45, 2.75) is 26.1 Å². The van der Waals surface area contributed by atoms with Crippen LogP contribution in [0.3, 0.4) is 0 Å². The minimum atomic E-state index is -4.27. The molecule has 0 saturated heterocycles. The van der Waals surface area contributed by atoms with E-state index in [1.807, 2.05) is 19.2 Å². The van der Waals surface area contributed by atoms with Gasteiger partial charge in [0, 0.05) is 11.8 Å². The van der Waals surface area contributed by atoms with Crippen molar-refractivity contribution in [3.05, 3.63) is 0 Å². The molecule has 1 atom stereocenters. The monoisotopic (exact) mass is 258 g/mol. The molecule has 16 heavy (non-hydrogen) atoms. The highest BCUT2D eigenvalue weighted by Gasteiger charge is 2.26. The topological polar surface area (TPSA) is 41.1 Å². The van der Waals surface area contributed by atoms with Gasteiger partial charge < -0.3 is 10.6 Å². The zero-order valence-electron chi connectivity index (χ0n) is 9.36. The molecule has 2 N–H and O–H groups in total. The van der Waals surface area contributed by atoms with Crippen LogP contribution in [0.4, 0.5) is 13.2 Å². The maximum atomic E-state index is 11.7. The molecule has 0 aromatic rings. The Morgan fingerprint density at radius 1 is 1.44 bits per heavy atom. The van der Waals surface area contributed by atoms with E-state index in [0.717, 1.165) is 11.5 Å². The molecule has 0 aromatic heterocycles. The van der Waals surface area contributed by atoms with Gasteiger partial charge in [0.1, 0.15) is 0 Å². The van der Waals surface area contributed by atoms with Gasteiger partial charge in [-0.15, -0.1) is 0 Å². The molecule has 0 aliphatic rings. The number of halogens is 3. The van der Waals surface area contributed by atoms with Gasteiger partial charge in [0.15, 0.2) is 0 Å². The van der Waals surface area contributed by atoms with Crippen molar-refractivity contribution in [3.8, 4) is 0 Å². The van der Waals surface area contributed by atoms with Crippen LogP contribution in [0.15, 0.2) is 0 Å². The van der Waals surface area contributed by atoms with Crippen molar-refractivity contribution in [2.24, 2.45) is 0 Å². The number of rotatable bonds is 7. The fourth-order valence-electron chi connectivity index (χ4n) is 0.980. The number of carbonyl (C=O) groups excluding carboxylic acids is 1. The number of amides is 1. The second-order valence-corrected chi connectivity index (χ2v) is 4.67. The van der Waals surface area contributed by atoms with Crippen molar-refractivity contribution >= 4 is 17.7 Å². The summed E-state index contributed by atoms with van der Waals surface area (Å²) in [7, 11) is 0. The maximum Gasteiger partial charge on any atom is 0.401 e. The average Bonchev–Trinajstić information content (AvgIpc) is 2.12. The minimum Gasteiger partial charge on any atom is -0.352 e. The number of carbonyl (C=O) groups is 1. The third-order valence-electron chi connectivity index (χ3n) is 1.59. The van der Waals surface area contributed by atoms with Crippen molar-refractivity contribution in [3.63, 3.8) is 0 Å². The van der Waals surface area contributed by atoms with Gasteiger partial charge in [0.2, 0.25) is 5.91 Å². The molecule has 0 aliphatic heterocycles.